The minimum atomic E-state index is -3.97. The predicted molar refractivity (Wildman–Crippen MR) is 100 cm³/mol. The molecule has 8 nitrogen and oxygen atoms in total. The molecule has 148 valence electrons. The molecule has 0 spiro atoms. The summed E-state index contributed by atoms with van der Waals surface area (Å²) in [6, 6.07) is 0.954. The van der Waals surface area contributed by atoms with E-state index in [1.165, 1.54) is 18.5 Å². The summed E-state index contributed by atoms with van der Waals surface area (Å²) >= 11 is 6.22. The molecule has 0 aliphatic heterocycles. The Bertz CT molecular complexity index is 1130. The fourth-order valence-electron chi connectivity index (χ4n) is 2.67. The standard InChI is InChI=1S/C16H19ClN2O6S2/c1-5-19-16(21)11(8-18-19)14(20)10-7-12(27(24,25)6-2)15(26(4,22)23)9(3)13(10)17/h7-8,21H,5-6H2,1-4H3. The van der Waals surface area contributed by atoms with Crippen LogP contribution in [0, 0.1) is 6.92 Å². The Morgan fingerprint density at radius 3 is 2.26 bits per heavy atom. The molecule has 1 aromatic heterocycles. The summed E-state index contributed by atoms with van der Waals surface area (Å²) in [5.74, 6) is -1.50. The van der Waals surface area contributed by atoms with Crippen LogP contribution in [-0.2, 0) is 26.2 Å². The Morgan fingerprint density at radius 2 is 1.81 bits per heavy atom. The van der Waals surface area contributed by atoms with Crippen molar-refractivity contribution in [3.63, 3.8) is 0 Å². The van der Waals surface area contributed by atoms with Gasteiger partial charge in [-0.1, -0.05) is 18.5 Å². The molecule has 27 heavy (non-hydrogen) atoms. The number of aromatic nitrogens is 2. The van der Waals surface area contributed by atoms with Crippen LogP contribution in [0.3, 0.4) is 0 Å². The quantitative estimate of drug-likeness (QED) is 0.689. The third-order valence-corrected chi connectivity index (χ3v) is 7.73. The topological polar surface area (TPSA) is 123 Å². The highest BCUT2D eigenvalue weighted by Gasteiger charge is 2.31. The highest BCUT2D eigenvalue weighted by molar-refractivity contribution is 7.94. The molecule has 11 heteroatoms. The SMILES string of the molecule is CCn1ncc(C(=O)c2cc(S(=O)(=O)CC)c(S(C)(=O)=O)c(C)c2Cl)c1O. The van der Waals surface area contributed by atoms with Crippen LogP contribution in [0.2, 0.25) is 5.02 Å². The van der Waals surface area contributed by atoms with Crippen LogP contribution in [0.1, 0.15) is 35.3 Å². The van der Waals surface area contributed by atoms with E-state index in [9.17, 15) is 26.7 Å². The van der Waals surface area contributed by atoms with Crippen molar-refractivity contribution < 1.29 is 26.7 Å². The minimum Gasteiger partial charge on any atom is -0.493 e. The molecule has 0 atom stereocenters. The van der Waals surface area contributed by atoms with Crippen LogP contribution < -0.4 is 0 Å². The average molecular weight is 435 g/mol. The Balaban J connectivity index is 2.87. The maximum absolute atomic E-state index is 12.9. The number of aryl methyl sites for hydroxylation is 1. The van der Waals surface area contributed by atoms with E-state index in [-0.39, 0.29) is 33.3 Å². The maximum atomic E-state index is 12.9. The van der Waals surface area contributed by atoms with Crippen LogP contribution in [0.15, 0.2) is 22.1 Å². The van der Waals surface area contributed by atoms with Crippen molar-refractivity contribution in [3.8, 4) is 5.88 Å². The summed E-state index contributed by atoms with van der Waals surface area (Å²) in [4.78, 5) is 11.9. The lowest BCUT2D eigenvalue weighted by Crippen LogP contribution is -2.15. The number of benzene rings is 1. The van der Waals surface area contributed by atoms with Crippen molar-refractivity contribution in [1.29, 1.82) is 0 Å². The first-order valence-electron chi connectivity index (χ1n) is 7.92. The van der Waals surface area contributed by atoms with Crippen LogP contribution >= 0.6 is 11.6 Å². The van der Waals surface area contributed by atoms with Gasteiger partial charge in [-0.15, -0.1) is 0 Å². The van der Waals surface area contributed by atoms with Gasteiger partial charge in [0.2, 0.25) is 11.7 Å². The third kappa shape index (κ3) is 3.74. The molecular weight excluding hydrogens is 416 g/mol. The molecule has 0 amide bonds. The van der Waals surface area contributed by atoms with E-state index in [0.29, 0.717) is 6.54 Å². The zero-order valence-electron chi connectivity index (χ0n) is 15.1. The summed E-state index contributed by atoms with van der Waals surface area (Å²) in [5.41, 5.74) is -0.427. The van der Waals surface area contributed by atoms with Crippen LogP contribution in [0.4, 0.5) is 0 Å². The molecule has 0 fully saturated rings. The van der Waals surface area contributed by atoms with Gasteiger partial charge in [0, 0.05) is 18.4 Å². The summed E-state index contributed by atoms with van der Waals surface area (Å²) in [6.45, 7) is 4.72. The Hall–Kier alpha value is -1.91. The summed E-state index contributed by atoms with van der Waals surface area (Å²) in [6.07, 6.45) is 2.02. The second kappa shape index (κ2) is 7.25. The molecular formula is C16H19ClN2O6S2. The highest BCUT2D eigenvalue weighted by Crippen LogP contribution is 2.35. The van der Waals surface area contributed by atoms with Gasteiger partial charge in [-0.3, -0.25) is 4.79 Å². The van der Waals surface area contributed by atoms with E-state index in [0.717, 1.165) is 18.5 Å². The lowest BCUT2D eigenvalue weighted by molar-refractivity contribution is 0.103. The number of rotatable bonds is 6. The molecule has 1 N–H and O–H groups in total. The fraction of sp³-hybridized carbons (Fsp3) is 0.375. The molecule has 2 aromatic rings. The third-order valence-electron chi connectivity index (χ3n) is 4.09. The fourth-order valence-corrected chi connectivity index (χ4v) is 5.93. The van der Waals surface area contributed by atoms with Crippen LogP contribution in [0.25, 0.3) is 0 Å². The normalized spacial score (nSPS) is 12.3. The molecule has 0 saturated heterocycles. The van der Waals surface area contributed by atoms with Gasteiger partial charge in [-0.25, -0.2) is 21.5 Å². The monoisotopic (exact) mass is 434 g/mol. The predicted octanol–water partition coefficient (Wildman–Crippen LogP) is 2.00. The Morgan fingerprint density at radius 1 is 1.22 bits per heavy atom. The Labute approximate surface area is 162 Å². The molecule has 0 radical (unpaired) electrons. The van der Waals surface area contributed by atoms with E-state index in [1.807, 2.05) is 0 Å². The van der Waals surface area contributed by atoms with Gasteiger partial charge in [0.25, 0.3) is 0 Å². The number of carbonyl (C=O) groups excluding carboxylic acids is 1. The molecule has 0 aliphatic carbocycles. The summed E-state index contributed by atoms with van der Waals surface area (Å²) in [5, 5.41) is 13.8. The first-order valence-corrected chi connectivity index (χ1v) is 11.8. The first kappa shape index (κ1) is 21.4. The van der Waals surface area contributed by atoms with Gasteiger partial charge in [0.05, 0.1) is 26.8 Å². The number of aromatic hydroxyl groups is 1. The molecule has 0 aliphatic rings. The Kier molecular flexibility index (Phi) is 5.74. The van der Waals surface area contributed by atoms with Crippen molar-refractivity contribution >= 4 is 37.1 Å². The number of carbonyl (C=O) groups is 1. The average Bonchev–Trinajstić information content (AvgIpc) is 2.95. The number of hydrogen-bond acceptors (Lipinski definition) is 7. The molecule has 0 saturated carbocycles. The lowest BCUT2D eigenvalue weighted by atomic mass is 10.0. The number of sulfone groups is 2. The molecule has 0 bridgehead atoms. The van der Waals surface area contributed by atoms with Crippen molar-refractivity contribution in [2.24, 2.45) is 0 Å². The molecule has 1 heterocycles. The van der Waals surface area contributed by atoms with E-state index in [1.54, 1.807) is 6.92 Å². The van der Waals surface area contributed by atoms with E-state index in [2.05, 4.69) is 5.10 Å². The number of nitrogens with zero attached hydrogens (tertiary/aromatic N) is 2. The van der Waals surface area contributed by atoms with Gasteiger partial charge < -0.3 is 5.11 Å². The minimum absolute atomic E-state index is 0.0422. The zero-order valence-corrected chi connectivity index (χ0v) is 17.5. The van der Waals surface area contributed by atoms with Crippen molar-refractivity contribution in [3.05, 3.63) is 34.0 Å². The van der Waals surface area contributed by atoms with Crippen molar-refractivity contribution in [2.45, 2.75) is 37.1 Å². The van der Waals surface area contributed by atoms with Gasteiger partial charge in [-0.05, 0) is 25.5 Å². The number of halogens is 1. The van der Waals surface area contributed by atoms with E-state index >= 15 is 0 Å². The molecule has 2 rings (SSSR count). The van der Waals surface area contributed by atoms with Gasteiger partial charge in [-0.2, -0.15) is 5.10 Å². The first-order chi connectivity index (χ1) is 12.4. The smallest absolute Gasteiger partial charge is 0.220 e. The highest BCUT2D eigenvalue weighted by atomic mass is 35.5. The van der Waals surface area contributed by atoms with Crippen LogP contribution in [-0.4, -0.2) is 49.5 Å². The van der Waals surface area contributed by atoms with E-state index < -0.39 is 35.2 Å². The van der Waals surface area contributed by atoms with Crippen molar-refractivity contribution in [2.75, 3.05) is 12.0 Å². The van der Waals surface area contributed by atoms with Gasteiger partial charge in [0.15, 0.2) is 19.7 Å². The lowest BCUT2D eigenvalue weighted by Gasteiger charge is -2.15. The zero-order chi connectivity index (χ0) is 20.7. The largest absolute Gasteiger partial charge is 0.493 e. The molecule has 0 unspecified atom stereocenters. The maximum Gasteiger partial charge on any atom is 0.220 e. The number of hydrogen-bond donors (Lipinski definition) is 1. The number of ketones is 1. The summed E-state index contributed by atoms with van der Waals surface area (Å²) < 4.78 is 50.5. The van der Waals surface area contributed by atoms with Gasteiger partial charge in [0.1, 0.15) is 5.56 Å². The second-order valence-electron chi connectivity index (χ2n) is 5.89. The van der Waals surface area contributed by atoms with Gasteiger partial charge >= 0.3 is 0 Å². The second-order valence-corrected chi connectivity index (χ2v) is 10.5. The molecule has 1 aromatic carbocycles. The van der Waals surface area contributed by atoms with Crippen molar-refractivity contribution in [1.82, 2.24) is 9.78 Å². The summed E-state index contributed by atoms with van der Waals surface area (Å²) in [7, 11) is -7.91. The van der Waals surface area contributed by atoms with E-state index in [4.69, 9.17) is 11.6 Å². The van der Waals surface area contributed by atoms with Crippen LogP contribution in [0.5, 0.6) is 5.88 Å².